The zero-order valence-corrected chi connectivity index (χ0v) is 15.3. The number of aromatic nitrogens is 2. The smallest absolute Gasteiger partial charge is 0.156 e. The number of rotatable bonds is 3. The van der Waals surface area contributed by atoms with Gasteiger partial charge in [-0.05, 0) is 57.7 Å². The Balaban J connectivity index is 1.77. The molecule has 0 unspecified atom stereocenters. The van der Waals surface area contributed by atoms with Crippen LogP contribution in [0.5, 0.6) is 0 Å². The predicted octanol–water partition coefficient (Wildman–Crippen LogP) is 6.11. The molecule has 2 aromatic carbocycles. The van der Waals surface area contributed by atoms with Crippen LogP contribution in [0.15, 0.2) is 77.5 Å². The van der Waals surface area contributed by atoms with E-state index in [2.05, 4.69) is 80.6 Å². The highest BCUT2D eigenvalue weighted by Crippen LogP contribution is 2.31. The SMILES string of the molecule is Cc1c(Nc2nccc3cc(Br)cnc23)cccc1-c1ccccc1. The summed E-state index contributed by atoms with van der Waals surface area (Å²) in [6.45, 7) is 2.12. The molecule has 0 spiro atoms. The van der Waals surface area contributed by atoms with E-state index in [1.54, 1.807) is 12.4 Å². The molecule has 0 saturated carbocycles. The fraction of sp³-hybridized carbons (Fsp3) is 0.0476. The molecule has 4 heteroatoms. The van der Waals surface area contributed by atoms with Crippen molar-refractivity contribution >= 4 is 38.3 Å². The molecular weight excluding hydrogens is 374 g/mol. The summed E-state index contributed by atoms with van der Waals surface area (Å²) in [4.78, 5) is 9.00. The molecule has 4 aromatic rings. The van der Waals surface area contributed by atoms with E-state index in [4.69, 9.17) is 0 Å². The van der Waals surface area contributed by atoms with Gasteiger partial charge in [-0.3, -0.25) is 4.98 Å². The van der Waals surface area contributed by atoms with Crippen LogP contribution in [0.2, 0.25) is 0 Å². The highest BCUT2D eigenvalue weighted by Gasteiger charge is 2.09. The van der Waals surface area contributed by atoms with Crippen molar-refractivity contribution in [3.05, 3.63) is 83.1 Å². The van der Waals surface area contributed by atoms with Crippen molar-refractivity contribution in [1.29, 1.82) is 0 Å². The summed E-state index contributed by atoms with van der Waals surface area (Å²) in [5.41, 5.74) is 5.49. The minimum atomic E-state index is 0.762. The molecule has 0 bridgehead atoms. The Kier molecular flexibility index (Phi) is 4.20. The molecule has 3 nitrogen and oxygen atoms in total. The topological polar surface area (TPSA) is 37.8 Å². The minimum Gasteiger partial charge on any atom is -0.338 e. The van der Waals surface area contributed by atoms with E-state index in [0.717, 1.165) is 26.9 Å². The van der Waals surface area contributed by atoms with Crippen LogP contribution in [0.1, 0.15) is 5.56 Å². The summed E-state index contributed by atoms with van der Waals surface area (Å²) in [7, 11) is 0. The number of fused-ring (bicyclic) bond motifs is 1. The van der Waals surface area contributed by atoms with Gasteiger partial charge < -0.3 is 5.32 Å². The Hall–Kier alpha value is -2.72. The average Bonchev–Trinajstić information content (AvgIpc) is 2.64. The minimum absolute atomic E-state index is 0.762. The second-order valence-corrected chi connectivity index (χ2v) is 6.77. The molecule has 25 heavy (non-hydrogen) atoms. The highest BCUT2D eigenvalue weighted by atomic mass is 79.9. The number of hydrogen-bond donors (Lipinski definition) is 1. The van der Waals surface area contributed by atoms with E-state index < -0.39 is 0 Å². The Bertz CT molecular complexity index is 1050. The van der Waals surface area contributed by atoms with Gasteiger partial charge in [0.25, 0.3) is 0 Å². The number of nitrogens with zero attached hydrogens (tertiary/aromatic N) is 2. The molecule has 0 amide bonds. The number of nitrogens with one attached hydrogen (secondary N) is 1. The van der Waals surface area contributed by atoms with Crippen molar-refractivity contribution in [3.63, 3.8) is 0 Å². The highest BCUT2D eigenvalue weighted by molar-refractivity contribution is 9.10. The van der Waals surface area contributed by atoms with Crippen LogP contribution in [0, 0.1) is 6.92 Å². The molecule has 0 radical (unpaired) electrons. The summed E-state index contributed by atoms with van der Waals surface area (Å²) in [6.07, 6.45) is 3.59. The molecule has 2 aromatic heterocycles. The number of halogens is 1. The zero-order chi connectivity index (χ0) is 17.2. The first kappa shape index (κ1) is 15.8. The molecule has 122 valence electrons. The predicted molar refractivity (Wildman–Crippen MR) is 107 cm³/mol. The largest absolute Gasteiger partial charge is 0.338 e. The Labute approximate surface area is 154 Å². The number of benzene rings is 2. The first-order valence-electron chi connectivity index (χ1n) is 8.05. The van der Waals surface area contributed by atoms with E-state index in [9.17, 15) is 0 Å². The molecule has 0 aliphatic heterocycles. The average molecular weight is 390 g/mol. The zero-order valence-electron chi connectivity index (χ0n) is 13.7. The van der Waals surface area contributed by atoms with Gasteiger partial charge in [0.15, 0.2) is 5.82 Å². The third-order valence-electron chi connectivity index (χ3n) is 4.24. The maximum absolute atomic E-state index is 4.52. The lowest BCUT2D eigenvalue weighted by Crippen LogP contribution is -1.99. The quantitative estimate of drug-likeness (QED) is 0.459. The molecule has 0 aliphatic carbocycles. The van der Waals surface area contributed by atoms with Crippen LogP contribution in [0.3, 0.4) is 0 Å². The third kappa shape index (κ3) is 3.13. The van der Waals surface area contributed by atoms with Crippen molar-refractivity contribution in [2.75, 3.05) is 5.32 Å². The van der Waals surface area contributed by atoms with Crippen molar-refractivity contribution in [2.24, 2.45) is 0 Å². The lowest BCUT2D eigenvalue weighted by atomic mass is 9.99. The van der Waals surface area contributed by atoms with E-state index in [1.165, 1.54) is 16.7 Å². The molecule has 0 fully saturated rings. The summed E-state index contributed by atoms with van der Waals surface area (Å²) in [5.74, 6) is 0.762. The first-order chi connectivity index (χ1) is 12.2. The van der Waals surface area contributed by atoms with Crippen LogP contribution in [-0.4, -0.2) is 9.97 Å². The van der Waals surface area contributed by atoms with Gasteiger partial charge in [-0.25, -0.2) is 4.98 Å². The number of anilines is 2. The van der Waals surface area contributed by atoms with Crippen molar-refractivity contribution < 1.29 is 0 Å². The van der Waals surface area contributed by atoms with E-state index in [1.807, 2.05) is 18.2 Å². The second-order valence-electron chi connectivity index (χ2n) is 5.85. The van der Waals surface area contributed by atoms with Gasteiger partial charge >= 0.3 is 0 Å². The van der Waals surface area contributed by atoms with Gasteiger partial charge in [0, 0.05) is 27.9 Å². The monoisotopic (exact) mass is 389 g/mol. The molecular formula is C21H16BrN3. The molecule has 1 N–H and O–H groups in total. The van der Waals surface area contributed by atoms with Gasteiger partial charge in [-0.2, -0.15) is 0 Å². The molecule has 0 aliphatic rings. The molecule has 2 heterocycles. The summed E-state index contributed by atoms with van der Waals surface area (Å²) in [5, 5.41) is 4.50. The Morgan fingerprint density at radius 3 is 2.60 bits per heavy atom. The molecule has 0 atom stereocenters. The van der Waals surface area contributed by atoms with Crippen LogP contribution in [0.4, 0.5) is 11.5 Å². The van der Waals surface area contributed by atoms with E-state index in [0.29, 0.717) is 0 Å². The Morgan fingerprint density at radius 1 is 0.920 bits per heavy atom. The van der Waals surface area contributed by atoms with E-state index >= 15 is 0 Å². The summed E-state index contributed by atoms with van der Waals surface area (Å²) in [6, 6.07) is 20.7. The van der Waals surface area contributed by atoms with E-state index in [-0.39, 0.29) is 0 Å². The maximum atomic E-state index is 4.52. The summed E-state index contributed by atoms with van der Waals surface area (Å²) >= 11 is 3.47. The standard InChI is InChI=1S/C21H16BrN3/c1-14-18(15-6-3-2-4-7-15)8-5-9-19(14)25-21-20-16(10-11-23-21)12-17(22)13-24-20/h2-13H,1H3,(H,23,25). The first-order valence-corrected chi connectivity index (χ1v) is 8.84. The second kappa shape index (κ2) is 6.65. The van der Waals surface area contributed by atoms with Crippen molar-refractivity contribution in [3.8, 4) is 11.1 Å². The van der Waals surface area contributed by atoms with Crippen LogP contribution in [-0.2, 0) is 0 Å². The number of hydrogen-bond acceptors (Lipinski definition) is 3. The van der Waals surface area contributed by atoms with Crippen LogP contribution >= 0.6 is 15.9 Å². The normalized spacial score (nSPS) is 10.8. The number of pyridine rings is 2. The molecule has 4 rings (SSSR count). The lowest BCUT2D eigenvalue weighted by molar-refractivity contribution is 1.28. The Morgan fingerprint density at radius 2 is 1.76 bits per heavy atom. The van der Waals surface area contributed by atoms with Gasteiger partial charge in [0.05, 0.1) is 0 Å². The van der Waals surface area contributed by atoms with Crippen molar-refractivity contribution in [2.45, 2.75) is 6.92 Å². The fourth-order valence-corrected chi connectivity index (χ4v) is 3.30. The molecule has 0 saturated heterocycles. The van der Waals surface area contributed by atoms with Gasteiger partial charge in [0.1, 0.15) is 5.52 Å². The van der Waals surface area contributed by atoms with Crippen molar-refractivity contribution in [1.82, 2.24) is 9.97 Å². The fourth-order valence-electron chi connectivity index (χ4n) is 2.95. The third-order valence-corrected chi connectivity index (χ3v) is 4.67. The summed E-state index contributed by atoms with van der Waals surface area (Å²) < 4.78 is 0.958. The van der Waals surface area contributed by atoms with Gasteiger partial charge in [-0.15, -0.1) is 0 Å². The van der Waals surface area contributed by atoms with Crippen LogP contribution in [0.25, 0.3) is 22.0 Å². The van der Waals surface area contributed by atoms with Crippen LogP contribution < -0.4 is 5.32 Å². The van der Waals surface area contributed by atoms with Gasteiger partial charge in [-0.1, -0.05) is 42.5 Å². The van der Waals surface area contributed by atoms with Gasteiger partial charge in [0.2, 0.25) is 0 Å². The maximum Gasteiger partial charge on any atom is 0.156 e. The lowest BCUT2D eigenvalue weighted by Gasteiger charge is -2.14.